The summed E-state index contributed by atoms with van der Waals surface area (Å²) in [5.41, 5.74) is 8.27. The fourth-order valence-corrected chi connectivity index (χ4v) is 5.68. The van der Waals surface area contributed by atoms with E-state index in [1.54, 1.807) is 6.20 Å². The summed E-state index contributed by atoms with van der Waals surface area (Å²) < 4.78 is 37.6. The summed E-state index contributed by atoms with van der Waals surface area (Å²) in [7, 11) is 0. The summed E-state index contributed by atoms with van der Waals surface area (Å²) in [6.07, 6.45) is 5.13. The molecule has 9 heteroatoms. The molecule has 7 nitrogen and oxygen atoms in total. The Balaban J connectivity index is 1.35. The van der Waals surface area contributed by atoms with Crippen molar-refractivity contribution in [2.24, 2.45) is 11.8 Å². The van der Waals surface area contributed by atoms with Gasteiger partial charge in [0.15, 0.2) is 11.6 Å². The van der Waals surface area contributed by atoms with Crippen molar-refractivity contribution in [1.82, 2.24) is 19.7 Å². The zero-order valence-corrected chi connectivity index (χ0v) is 18.6. The molecule has 1 aliphatic heterocycles. The quantitative estimate of drug-likeness (QED) is 0.723. The largest absolute Gasteiger partial charge is 0.431 e. The Morgan fingerprint density at radius 3 is 2.66 bits per heavy atom. The number of rotatable bonds is 6. The highest BCUT2D eigenvalue weighted by molar-refractivity contribution is 5.64. The first-order chi connectivity index (χ1) is 15.4. The highest BCUT2D eigenvalue weighted by Crippen LogP contribution is 2.64. The van der Waals surface area contributed by atoms with E-state index >= 15 is 0 Å². The molecule has 32 heavy (non-hydrogen) atoms. The predicted octanol–water partition coefficient (Wildman–Crippen LogP) is 3.92. The molecule has 0 radical (unpaired) electrons. The van der Waals surface area contributed by atoms with E-state index in [4.69, 9.17) is 15.6 Å². The Kier molecular flexibility index (Phi) is 5.79. The first kappa shape index (κ1) is 21.6. The third-order valence-corrected chi connectivity index (χ3v) is 7.18. The number of pyridine rings is 1. The molecular formula is C23H31F2N5O2. The van der Waals surface area contributed by atoms with Crippen LogP contribution < -0.4 is 10.5 Å². The number of hydrogen-bond donors (Lipinski definition) is 1. The van der Waals surface area contributed by atoms with Crippen LogP contribution in [0.4, 0.5) is 14.6 Å². The van der Waals surface area contributed by atoms with Gasteiger partial charge in [-0.3, -0.25) is 9.58 Å². The van der Waals surface area contributed by atoms with Crippen LogP contribution in [0.3, 0.4) is 0 Å². The number of fused-ring (bicyclic) bond motifs is 1. The van der Waals surface area contributed by atoms with Gasteiger partial charge in [-0.05, 0) is 57.1 Å². The summed E-state index contributed by atoms with van der Waals surface area (Å²) in [4.78, 5) is 6.65. The Hall–Kier alpha value is -2.26. The van der Waals surface area contributed by atoms with Crippen LogP contribution in [0.5, 0.6) is 5.75 Å². The minimum absolute atomic E-state index is 0.0563. The average molecular weight is 448 g/mol. The van der Waals surface area contributed by atoms with Crippen LogP contribution in [0.15, 0.2) is 18.3 Å². The average Bonchev–Trinajstić information content (AvgIpc) is 3.08. The van der Waals surface area contributed by atoms with Crippen molar-refractivity contribution in [2.75, 3.05) is 32.0 Å². The maximum absolute atomic E-state index is 12.7. The van der Waals surface area contributed by atoms with Gasteiger partial charge in [0, 0.05) is 55.2 Å². The molecule has 2 saturated carbocycles. The molecule has 2 atom stereocenters. The number of nitrogen functional groups attached to an aromatic ring is 1. The zero-order valence-electron chi connectivity index (χ0n) is 18.6. The van der Waals surface area contributed by atoms with Gasteiger partial charge in [-0.1, -0.05) is 0 Å². The molecule has 1 saturated heterocycles. The second kappa shape index (κ2) is 8.59. The van der Waals surface area contributed by atoms with Gasteiger partial charge < -0.3 is 15.2 Å². The van der Waals surface area contributed by atoms with Crippen LogP contribution in [0, 0.1) is 11.8 Å². The number of aromatic nitrogens is 3. The molecule has 174 valence electrons. The number of nitrogens with two attached hydrogens (primary N) is 1. The van der Waals surface area contributed by atoms with Crippen molar-refractivity contribution >= 4 is 5.82 Å². The minimum Gasteiger partial charge on any atom is -0.431 e. The van der Waals surface area contributed by atoms with E-state index < -0.39 is 6.61 Å². The fourth-order valence-electron chi connectivity index (χ4n) is 5.68. The molecule has 3 aliphatic rings. The standard InChI is InChI=1S/C23H31F2N5O2/c1-13(2)30-19(11-18(28-30)14-8-20(32-23(24)25)22(26)27-12-14)21-16-9-15(10-17(16)21)29-4-3-6-31-7-5-29/h8,11-13,15-17,21,23H,3-7,9-10H2,1-2H3,(H2,26,27). The summed E-state index contributed by atoms with van der Waals surface area (Å²) >= 11 is 0. The molecule has 0 bridgehead atoms. The van der Waals surface area contributed by atoms with E-state index in [2.05, 4.69) is 39.2 Å². The Labute approximate surface area is 186 Å². The van der Waals surface area contributed by atoms with Crippen LogP contribution in [0.25, 0.3) is 11.3 Å². The van der Waals surface area contributed by atoms with Gasteiger partial charge in [-0.2, -0.15) is 13.9 Å². The van der Waals surface area contributed by atoms with Crippen LogP contribution in [0.2, 0.25) is 0 Å². The first-order valence-corrected chi connectivity index (χ1v) is 11.5. The highest BCUT2D eigenvalue weighted by atomic mass is 19.3. The summed E-state index contributed by atoms with van der Waals surface area (Å²) in [6, 6.07) is 4.46. The summed E-state index contributed by atoms with van der Waals surface area (Å²) in [5.74, 6) is 1.71. The number of hydrogen-bond acceptors (Lipinski definition) is 6. The molecule has 2 aromatic heterocycles. The molecule has 2 aliphatic carbocycles. The molecule has 0 aromatic carbocycles. The van der Waals surface area contributed by atoms with Gasteiger partial charge in [-0.25, -0.2) is 4.98 Å². The van der Waals surface area contributed by atoms with Crippen molar-refractivity contribution in [3.8, 4) is 17.0 Å². The second-order valence-electron chi connectivity index (χ2n) is 9.46. The zero-order chi connectivity index (χ0) is 22.4. The van der Waals surface area contributed by atoms with Crippen molar-refractivity contribution in [1.29, 1.82) is 0 Å². The lowest BCUT2D eigenvalue weighted by atomic mass is 10.0. The maximum atomic E-state index is 12.7. The third-order valence-electron chi connectivity index (χ3n) is 7.18. The van der Waals surface area contributed by atoms with E-state index in [9.17, 15) is 8.78 Å². The van der Waals surface area contributed by atoms with Crippen molar-refractivity contribution in [2.45, 2.75) is 57.7 Å². The monoisotopic (exact) mass is 447 g/mol. The predicted molar refractivity (Wildman–Crippen MR) is 117 cm³/mol. The van der Waals surface area contributed by atoms with E-state index in [1.807, 2.05) is 0 Å². The maximum Gasteiger partial charge on any atom is 0.387 e. The fraction of sp³-hybridized carbons (Fsp3) is 0.652. The lowest BCUT2D eigenvalue weighted by Gasteiger charge is -2.28. The lowest BCUT2D eigenvalue weighted by Crippen LogP contribution is -2.36. The SMILES string of the molecule is CC(C)n1nc(-c2cnc(N)c(OC(F)F)c2)cc1C1C2CC(N3CCCOCC3)CC21. The van der Waals surface area contributed by atoms with Crippen LogP contribution in [-0.4, -0.2) is 58.6 Å². The van der Waals surface area contributed by atoms with Gasteiger partial charge in [0.2, 0.25) is 0 Å². The minimum atomic E-state index is -2.95. The summed E-state index contributed by atoms with van der Waals surface area (Å²) in [5, 5.41) is 4.81. The summed E-state index contributed by atoms with van der Waals surface area (Å²) in [6.45, 7) is 5.17. The highest BCUT2D eigenvalue weighted by Gasteiger charge is 2.58. The first-order valence-electron chi connectivity index (χ1n) is 11.5. The van der Waals surface area contributed by atoms with E-state index in [1.165, 1.54) is 24.6 Å². The number of halogens is 2. The number of anilines is 1. The van der Waals surface area contributed by atoms with Gasteiger partial charge in [0.1, 0.15) is 0 Å². The Morgan fingerprint density at radius 2 is 1.94 bits per heavy atom. The molecule has 3 fully saturated rings. The van der Waals surface area contributed by atoms with Crippen molar-refractivity contribution in [3.63, 3.8) is 0 Å². The topological polar surface area (TPSA) is 78.4 Å². The van der Waals surface area contributed by atoms with E-state index in [0.29, 0.717) is 35.1 Å². The molecule has 3 heterocycles. The molecular weight excluding hydrogens is 416 g/mol. The molecule has 2 N–H and O–H groups in total. The van der Waals surface area contributed by atoms with Crippen LogP contribution in [0.1, 0.15) is 50.8 Å². The van der Waals surface area contributed by atoms with Crippen molar-refractivity contribution < 1.29 is 18.3 Å². The second-order valence-corrected chi connectivity index (χ2v) is 9.46. The number of alkyl halides is 2. The van der Waals surface area contributed by atoms with Crippen LogP contribution in [-0.2, 0) is 4.74 Å². The lowest BCUT2D eigenvalue weighted by molar-refractivity contribution is -0.0494. The third kappa shape index (κ3) is 4.08. The smallest absolute Gasteiger partial charge is 0.387 e. The Morgan fingerprint density at radius 1 is 1.16 bits per heavy atom. The van der Waals surface area contributed by atoms with Gasteiger partial charge in [-0.15, -0.1) is 0 Å². The number of nitrogens with zero attached hydrogens (tertiary/aromatic N) is 4. The molecule has 2 aromatic rings. The van der Waals surface area contributed by atoms with Crippen LogP contribution >= 0.6 is 0 Å². The van der Waals surface area contributed by atoms with E-state index in [0.717, 1.165) is 32.7 Å². The van der Waals surface area contributed by atoms with Crippen molar-refractivity contribution in [3.05, 3.63) is 24.0 Å². The van der Waals surface area contributed by atoms with E-state index in [-0.39, 0.29) is 17.6 Å². The molecule has 0 amide bonds. The molecule has 2 unspecified atom stereocenters. The molecule has 0 spiro atoms. The Bertz CT molecular complexity index is 946. The van der Waals surface area contributed by atoms with Gasteiger partial charge in [0.05, 0.1) is 12.3 Å². The normalized spacial score (nSPS) is 28.2. The number of ether oxygens (including phenoxy) is 2. The van der Waals surface area contributed by atoms with Gasteiger partial charge in [0.25, 0.3) is 0 Å². The molecule has 5 rings (SSSR count). The van der Waals surface area contributed by atoms with Gasteiger partial charge >= 0.3 is 6.61 Å².